The first-order chi connectivity index (χ1) is 7.25. The predicted octanol–water partition coefficient (Wildman–Crippen LogP) is -1.74. The molecule has 17 heavy (non-hydrogen) atoms. The number of hydrogen-bond acceptors (Lipinski definition) is 2. The monoisotopic (exact) mass is 251 g/mol. The summed E-state index contributed by atoms with van der Waals surface area (Å²) in [5.41, 5.74) is 0.185. The summed E-state index contributed by atoms with van der Waals surface area (Å²) in [5.74, 6) is 0. The van der Waals surface area contributed by atoms with E-state index in [1.807, 2.05) is 0 Å². The first kappa shape index (κ1) is 20.3. The molecule has 0 aliphatic carbocycles. The molecule has 1 aliphatic heterocycles. The van der Waals surface area contributed by atoms with Crippen LogP contribution in [-0.4, -0.2) is 32.7 Å². The summed E-state index contributed by atoms with van der Waals surface area (Å²) in [4.78, 5) is 0. The van der Waals surface area contributed by atoms with Gasteiger partial charge >= 0.3 is 29.6 Å². The third-order valence-corrected chi connectivity index (χ3v) is 3.83. The molecule has 0 aromatic rings. The van der Waals surface area contributed by atoms with Crippen LogP contribution in [0.3, 0.4) is 0 Å². The van der Waals surface area contributed by atoms with Gasteiger partial charge in [0.2, 0.25) is 0 Å². The SMILES string of the molecule is CCCCC1(CCCC)CNCCC1O.[BH4-].[Na+]. The average molecular weight is 251 g/mol. The average Bonchev–Trinajstić information content (AvgIpc) is 2.27. The number of nitrogens with one attached hydrogen (secondary N) is 1. The van der Waals surface area contributed by atoms with Gasteiger partial charge in [-0.3, -0.25) is 0 Å². The topological polar surface area (TPSA) is 32.3 Å². The van der Waals surface area contributed by atoms with Gasteiger partial charge in [-0.15, -0.1) is 0 Å². The third kappa shape index (κ3) is 6.11. The second-order valence-corrected chi connectivity index (χ2v) is 5.05. The van der Waals surface area contributed by atoms with E-state index in [1.54, 1.807) is 0 Å². The first-order valence-corrected chi connectivity index (χ1v) is 6.64. The maximum absolute atomic E-state index is 10.2. The normalized spacial score (nSPS) is 22.4. The van der Waals surface area contributed by atoms with E-state index >= 15 is 0 Å². The van der Waals surface area contributed by atoms with Gasteiger partial charge < -0.3 is 10.4 Å². The number of rotatable bonds is 6. The van der Waals surface area contributed by atoms with Gasteiger partial charge in [-0.25, -0.2) is 0 Å². The Morgan fingerprint density at radius 3 is 2.12 bits per heavy atom. The molecule has 98 valence electrons. The second-order valence-electron chi connectivity index (χ2n) is 5.05. The van der Waals surface area contributed by atoms with Gasteiger partial charge in [0.25, 0.3) is 0 Å². The van der Waals surface area contributed by atoms with E-state index in [1.165, 1.54) is 38.5 Å². The molecule has 0 aromatic heterocycles. The molecule has 0 bridgehead atoms. The van der Waals surface area contributed by atoms with Crippen LogP contribution >= 0.6 is 0 Å². The summed E-state index contributed by atoms with van der Waals surface area (Å²) in [6, 6.07) is 0. The zero-order chi connectivity index (χ0) is 11.1. The van der Waals surface area contributed by atoms with Crippen molar-refractivity contribution >= 4 is 8.41 Å². The van der Waals surface area contributed by atoms with Crippen molar-refractivity contribution in [2.45, 2.75) is 64.9 Å². The van der Waals surface area contributed by atoms with Crippen LogP contribution in [0.15, 0.2) is 0 Å². The molecular weight excluding hydrogens is 220 g/mol. The van der Waals surface area contributed by atoms with Gasteiger partial charge in [0.05, 0.1) is 6.10 Å². The van der Waals surface area contributed by atoms with Crippen molar-refractivity contribution in [3.63, 3.8) is 0 Å². The van der Waals surface area contributed by atoms with E-state index < -0.39 is 0 Å². The largest absolute Gasteiger partial charge is 1.00 e. The third-order valence-electron chi connectivity index (χ3n) is 3.83. The summed E-state index contributed by atoms with van der Waals surface area (Å²) in [7, 11) is 0. The van der Waals surface area contributed by atoms with E-state index in [9.17, 15) is 5.11 Å². The smallest absolute Gasteiger partial charge is 0.392 e. The fourth-order valence-electron chi connectivity index (χ4n) is 2.69. The molecule has 0 spiro atoms. The van der Waals surface area contributed by atoms with E-state index in [0.717, 1.165) is 19.5 Å². The molecule has 1 atom stereocenters. The minimum absolute atomic E-state index is 0. The molecule has 0 saturated carbocycles. The van der Waals surface area contributed by atoms with Crippen LogP contribution in [0.25, 0.3) is 0 Å². The number of aliphatic hydroxyl groups excluding tert-OH is 1. The van der Waals surface area contributed by atoms with Crippen molar-refractivity contribution in [1.82, 2.24) is 5.32 Å². The Labute approximate surface area is 131 Å². The van der Waals surface area contributed by atoms with Gasteiger partial charge in [-0.05, 0) is 25.8 Å². The van der Waals surface area contributed by atoms with Crippen LogP contribution in [-0.2, 0) is 0 Å². The van der Waals surface area contributed by atoms with Gasteiger partial charge in [0, 0.05) is 12.0 Å². The summed E-state index contributed by atoms with van der Waals surface area (Å²) in [6.07, 6.45) is 8.23. The van der Waals surface area contributed by atoms with Gasteiger partial charge in [-0.2, -0.15) is 0 Å². The van der Waals surface area contributed by atoms with Crippen molar-refractivity contribution in [2.24, 2.45) is 5.41 Å². The fraction of sp³-hybridized carbons (Fsp3) is 1.00. The van der Waals surface area contributed by atoms with E-state index in [-0.39, 0.29) is 49.5 Å². The number of aliphatic hydroxyl groups is 1. The number of piperidine rings is 1. The van der Waals surface area contributed by atoms with Crippen molar-refractivity contribution in [1.29, 1.82) is 0 Å². The molecule has 2 nitrogen and oxygen atoms in total. The molecule has 1 fully saturated rings. The minimum atomic E-state index is -0.0724. The summed E-state index contributed by atoms with van der Waals surface area (Å²) in [6.45, 7) is 6.47. The summed E-state index contributed by atoms with van der Waals surface area (Å²) < 4.78 is 0. The zero-order valence-electron chi connectivity index (χ0n) is 11.4. The zero-order valence-corrected chi connectivity index (χ0v) is 13.4. The first-order valence-electron chi connectivity index (χ1n) is 6.64. The Bertz CT molecular complexity index is 173. The Balaban J connectivity index is 0. The molecule has 0 amide bonds. The summed E-state index contributed by atoms with van der Waals surface area (Å²) in [5, 5.41) is 13.7. The Morgan fingerprint density at radius 1 is 1.18 bits per heavy atom. The fourth-order valence-corrected chi connectivity index (χ4v) is 2.69. The molecule has 2 N–H and O–H groups in total. The second kappa shape index (κ2) is 10.9. The van der Waals surface area contributed by atoms with Crippen molar-refractivity contribution in [3.8, 4) is 0 Å². The van der Waals surface area contributed by atoms with E-state index in [4.69, 9.17) is 0 Å². The predicted molar refractivity (Wildman–Crippen MR) is 76.3 cm³/mol. The van der Waals surface area contributed by atoms with Crippen molar-refractivity contribution in [2.75, 3.05) is 13.1 Å². The molecule has 1 aliphatic rings. The van der Waals surface area contributed by atoms with Gasteiger partial charge in [0.1, 0.15) is 0 Å². The molecule has 1 heterocycles. The van der Waals surface area contributed by atoms with Crippen LogP contribution < -0.4 is 34.9 Å². The Kier molecular flexibility index (Phi) is 13.0. The standard InChI is InChI=1S/C13H27NO.BH4.Na/c1-3-5-8-13(9-6-4-2)11-14-10-7-12(13)15;;/h12,14-15H,3-11H2,1-2H3;1H4;/q;-1;+1. The molecule has 1 unspecified atom stereocenters. The van der Waals surface area contributed by atoms with E-state index in [2.05, 4.69) is 19.2 Å². The molecule has 0 radical (unpaired) electrons. The maximum atomic E-state index is 10.2. The van der Waals surface area contributed by atoms with Crippen molar-refractivity contribution in [3.05, 3.63) is 0 Å². The van der Waals surface area contributed by atoms with Gasteiger partial charge in [0.15, 0.2) is 0 Å². The quantitative estimate of drug-likeness (QED) is 0.549. The number of hydrogen-bond donors (Lipinski definition) is 2. The van der Waals surface area contributed by atoms with Crippen LogP contribution in [0, 0.1) is 5.41 Å². The molecule has 4 heteroatoms. The van der Waals surface area contributed by atoms with Crippen LogP contribution in [0.5, 0.6) is 0 Å². The van der Waals surface area contributed by atoms with E-state index in [0.29, 0.717) is 0 Å². The van der Waals surface area contributed by atoms with Gasteiger partial charge in [-0.1, -0.05) is 47.9 Å². The van der Waals surface area contributed by atoms with Crippen LogP contribution in [0.4, 0.5) is 0 Å². The van der Waals surface area contributed by atoms with Crippen LogP contribution in [0.2, 0.25) is 0 Å². The molecule has 1 saturated heterocycles. The molecular formula is C13H31BNNaO. The van der Waals surface area contributed by atoms with Crippen molar-refractivity contribution < 1.29 is 34.7 Å². The number of unbranched alkanes of at least 4 members (excludes halogenated alkanes) is 2. The minimum Gasteiger partial charge on any atom is -0.392 e. The Hall–Kier alpha value is 0.985. The summed E-state index contributed by atoms with van der Waals surface area (Å²) >= 11 is 0. The maximum Gasteiger partial charge on any atom is 1.00 e. The van der Waals surface area contributed by atoms with Crippen LogP contribution in [0.1, 0.15) is 58.8 Å². The molecule has 0 aromatic carbocycles. The molecule has 1 rings (SSSR count). The Morgan fingerprint density at radius 2 is 1.71 bits per heavy atom.